The predicted octanol–water partition coefficient (Wildman–Crippen LogP) is 2.98. The number of hydrogen-bond acceptors (Lipinski definition) is 4. The van der Waals surface area contributed by atoms with E-state index in [1.807, 2.05) is 27.7 Å². The summed E-state index contributed by atoms with van der Waals surface area (Å²) in [5.41, 5.74) is 0. The summed E-state index contributed by atoms with van der Waals surface area (Å²) >= 11 is 0. The number of hydrogen-bond donors (Lipinski definition) is 0. The Hall–Kier alpha value is -0.940. The molecule has 0 N–H and O–H groups in total. The number of fused-ring (bicyclic) bond motifs is 1. The van der Waals surface area contributed by atoms with Crippen molar-refractivity contribution in [2.45, 2.75) is 66.5 Å². The van der Waals surface area contributed by atoms with E-state index in [0.29, 0.717) is 5.92 Å². The molecule has 3 heterocycles. The van der Waals surface area contributed by atoms with E-state index in [9.17, 15) is 0 Å². The molecule has 1 saturated heterocycles. The summed E-state index contributed by atoms with van der Waals surface area (Å²) < 4.78 is 2.37. The van der Waals surface area contributed by atoms with Gasteiger partial charge < -0.3 is 9.47 Å². The molecule has 0 spiro atoms. The highest BCUT2D eigenvalue weighted by Crippen LogP contribution is 2.28. The minimum atomic E-state index is 0.623. The van der Waals surface area contributed by atoms with E-state index in [1.54, 1.807) is 0 Å². The first-order valence-corrected chi connectivity index (χ1v) is 9.10. The van der Waals surface area contributed by atoms with Gasteiger partial charge in [0.05, 0.1) is 6.54 Å². The zero-order chi connectivity index (χ0) is 16.5. The van der Waals surface area contributed by atoms with Gasteiger partial charge in [0, 0.05) is 19.0 Å². The number of likely N-dealkylation sites (N-methyl/N-ethyl adjacent to an activating group) is 1. The number of piperidine rings is 1. The molecule has 1 aromatic heterocycles. The smallest absolute Gasteiger partial charge is 0.147 e. The molecule has 0 atom stereocenters. The van der Waals surface area contributed by atoms with Crippen molar-refractivity contribution in [2.75, 3.05) is 33.2 Å². The summed E-state index contributed by atoms with van der Waals surface area (Å²) in [4.78, 5) is 4.84. The van der Waals surface area contributed by atoms with Gasteiger partial charge in [0.15, 0.2) is 0 Å². The molecule has 0 aromatic carbocycles. The number of aromatic nitrogens is 3. The Morgan fingerprint density at radius 2 is 1.59 bits per heavy atom. The number of rotatable bonds is 2. The van der Waals surface area contributed by atoms with Crippen molar-refractivity contribution in [1.29, 1.82) is 0 Å². The molecule has 5 heteroatoms. The Morgan fingerprint density at radius 1 is 0.955 bits per heavy atom. The molecule has 2 aliphatic heterocycles. The second-order valence-electron chi connectivity index (χ2n) is 5.57. The highest BCUT2D eigenvalue weighted by Gasteiger charge is 2.27. The molecule has 1 fully saturated rings. The fourth-order valence-corrected chi connectivity index (χ4v) is 3.11. The molecule has 0 bridgehead atoms. The van der Waals surface area contributed by atoms with E-state index < -0.39 is 0 Å². The molecule has 3 rings (SSSR count). The van der Waals surface area contributed by atoms with Gasteiger partial charge in [-0.2, -0.15) is 0 Å². The van der Waals surface area contributed by atoms with E-state index in [4.69, 9.17) is 0 Å². The van der Waals surface area contributed by atoms with Gasteiger partial charge in [0.2, 0.25) is 0 Å². The average molecular weight is 310 g/mol. The summed E-state index contributed by atoms with van der Waals surface area (Å²) in [6.07, 6.45) is 2.48. The van der Waals surface area contributed by atoms with Crippen molar-refractivity contribution in [2.24, 2.45) is 0 Å². The Morgan fingerprint density at radius 3 is 2.18 bits per heavy atom. The lowest BCUT2D eigenvalue weighted by Crippen LogP contribution is -2.35. The van der Waals surface area contributed by atoms with Crippen LogP contribution in [0.3, 0.4) is 0 Å². The SMILES string of the molecule is CC.CC.CCN1CCC(c2nnc3n2CCN(C)C3)CC1. The van der Waals surface area contributed by atoms with E-state index in [-0.39, 0.29) is 0 Å². The van der Waals surface area contributed by atoms with Gasteiger partial charge in [-0.15, -0.1) is 10.2 Å². The minimum absolute atomic E-state index is 0.623. The van der Waals surface area contributed by atoms with Crippen LogP contribution in [0.25, 0.3) is 0 Å². The van der Waals surface area contributed by atoms with Gasteiger partial charge in [-0.05, 0) is 39.5 Å². The van der Waals surface area contributed by atoms with Crippen molar-refractivity contribution in [3.63, 3.8) is 0 Å². The van der Waals surface area contributed by atoms with Crippen LogP contribution in [0.2, 0.25) is 0 Å². The minimum Gasteiger partial charge on any atom is -0.312 e. The fraction of sp³-hybridized carbons (Fsp3) is 0.882. The van der Waals surface area contributed by atoms with E-state index >= 15 is 0 Å². The monoisotopic (exact) mass is 309 g/mol. The molecule has 128 valence electrons. The van der Waals surface area contributed by atoms with Crippen molar-refractivity contribution in [1.82, 2.24) is 24.6 Å². The van der Waals surface area contributed by atoms with Crippen molar-refractivity contribution in [3.05, 3.63) is 11.6 Å². The molecular formula is C17H35N5. The standard InChI is InChI=1S/C13H23N5.2C2H6/c1-3-17-6-4-11(5-7-17)13-15-14-12-10-16(2)8-9-18(12)13;2*1-2/h11H,3-10H2,1-2H3;2*1-2H3. The van der Waals surface area contributed by atoms with E-state index in [2.05, 4.69) is 38.5 Å². The Labute approximate surface area is 136 Å². The van der Waals surface area contributed by atoms with Crippen LogP contribution in [0, 0.1) is 0 Å². The second kappa shape index (κ2) is 9.95. The summed E-state index contributed by atoms with van der Waals surface area (Å²) in [5, 5.41) is 8.85. The van der Waals surface area contributed by atoms with E-state index in [1.165, 1.54) is 38.3 Å². The lowest BCUT2D eigenvalue weighted by atomic mass is 9.96. The molecule has 5 nitrogen and oxygen atoms in total. The first-order valence-electron chi connectivity index (χ1n) is 9.10. The molecule has 0 radical (unpaired) electrons. The molecule has 1 aromatic rings. The van der Waals surface area contributed by atoms with Crippen LogP contribution >= 0.6 is 0 Å². The Balaban J connectivity index is 0.000000561. The highest BCUT2D eigenvalue weighted by atomic mass is 15.3. The fourth-order valence-electron chi connectivity index (χ4n) is 3.11. The lowest BCUT2D eigenvalue weighted by Gasteiger charge is -2.31. The van der Waals surface area contributed by atoms with Crippen LogP contribution < -0.4 is 0 Å². The van der Waals surface area contributed by atoms with Crippen molar-refractivity contribution >= 4 is 0 Å². The average Bonchev–Trinajstić information content (AvgIpc) is 3.01. The van der Waals surface area contributed by atoms with Crippen LogP contribution in [0.4, 0.5) is 0 Å². The predicted molar refractivity (Wildman–Crippen MR) is 93.1 cm³/mol. The third-order valence-corrected chi connectivity index (χ3v) is 4.37. The van der Waals surface area contributed by atoms with Crippen LogP contribution in [0.5, 0.6) is 0 Å². The van der Waals surface area contributed by atoms with Crippen LogP contribution in [-0.2, 0) is 13.1 Å². The van der Waals surface area contributed by atoms with Gasteiger partial charge in [0.25, 0.3) is 0 Å². The maximum atomic E-state index is 4.47. The first kappa shape index (κ1) is 19.1. The Kier molecular flexibility index (Phi) is 8.64. The highest BCUT2D eigenvalue weighted by molar-refractivity contribution is 5.05. The third-order valence-electron chi connectivity index (χ3n) is 4.37. The largest absolute Gasteiger partial charge is 0.312 e. The normalized spacial score (nSPS) is 19.5. The molecule has 0 saturated carbocycles. The number of likely N-dealkylation sites (tertiary alicyclic amines) is 1. The lowest BCUT2D eigenvalue weighted by molar-refractivity contribution is 0.212. The molecule has 0 aliphatic carbocycles. The van der Waals surface area contributed by atoms with E-state index in [0.717, 1.165) is 25.5 Å². The number of nitrogens with zero attached hydrogens (tertiary/aromatic N) is 5. The van der Waals surface area contributed by atoms with Crippen molar-refractivity contribution in [3.8, 4) is 0 Å². The molecule has 2 aliphatic rings. The molecule has 22 heavy (non-hydrogen) atoms. The van der Waals surface area contributed by atoms with Crippen molar-refractivity contribution < 1.29 is 0 Å². The maximum Gasteiger partial charge on any atom is 0.147 e. The summed E-state index contributed by atoms with van der Waals surface area (Å²) in [5.74, 6) is 3.02. The summed E-state index contributed by atoms with van der Waals surface area (Å²) in [6.45, 7) is 17.0. The van der Waals surface area contributed by atoms with Crippen LogP contribution in [0.15, 0.2) is 0 Å². The van der Waals surface area contributed by atoms with Crippen LogP contribution in [-0.4, -0.2) is 57.8 Å². The first-order chi connectivity index (χ1) is 10.8. The zero-order valence-electron chi connectivity index (χ0n) is 15.5. The maximum absolute atomic E-state index is 4.47. The molecule has 0 unspecified atom stereocenters. The van der Waals surface area contributed by atoms with Gasteiger partial charge in [0.1, 0.15) is 11.6 Å². The summed E-state index contributed by atoms with van der Waals surface area (Å²) in [6, 6.07) is 0. The Bertz CT molecular complexity index is 407. The summed E-state index contributed by atoms with van der Waals surface area (Å²) in [7, 11) is 2.15. The molecule has 0 amide bonds. The van der Waals surface area contributed by atoms with Gasteiger partial charge in [-0.3, -0.25) is 4.90 Å². The zero-order valence-corrected chi connectivity index (χ0v) is 15.5. The van der Waals surface area contributed by atoms with Gasteiger partial charge >= 0.3 is 0 Å². The van der Waals surface area contributed by atoms with Gasteiger partial charge in [-0.1, -0.05) is 34.6 Å². The molecular weight excluding hydrogens is 274 g/mol. The second-order valence-corrected chi connectivity index (χ2v) is 5.57. The third kappa shape index (κ3) is 4.53. The van der Waals surface area contributed by atoms with Gasteiger partial charge in [-0.25, -0.2) is 0 Å². The quantitative estimate of drug-likeness (QED) is 0.841. The van der Waals surface area contributed by atoms with Crippen LogP contribution in [0.1, 0.15) is 65.0 Å². The topological polar surface area (TPSA) is 37.2 Å².